The van der Waals surface area contributed by atoms with Crippen LogP contribution in [0.1, 0.15) is 28.6 Å². The van der Waals surface area contributed by atoms with Gasteiger partial charge in [-0.3, -0.25) is 0 Å². The summed E-state index contributed by atoms with van der Waals surface area (Å²) >= 11 is 0. The van der Waals surface area contributed by atoms with Crippen LogP contribution in [-0.4, -0.2) is 21.5 Å². The molecule has 2 aromatic heterocycles. The van der Waals surface area contributed by atoms with Gasteiger partial charge in [-0.05, 0) is 62.4 Å². The van der Waals surface area contributed by atoms with E-state index in [0.717, 1.165) is 45.6 Å². The molecule has 0 bridgehead atoms. The van der Waals surface area contributed by atoms with Crippen molar-refractivity contribution in [3.63, 3.8) is 0 Å². The van der Waals surface area contributed by atoms with Crippen molar-refractivity contribution in [2.75, 3.05) is 10.2 Å². The number of benzene rings is 3. The zero-order valence-corrected chi connectivity index (χ0v) is 20.5. The Morgan fingerprint density at radius 1 is 0.811 bits per heavy atom. The number of amidine groups is 2. The zero-order valence-electron chi connectivity index (χ0n) is 20.5. The van der Waals surface area contributed by atoms with Gasteiger partial charge < -0.3 is 14.6 Å². The van der Waals surface area contributed by atoms with E-state index in [-0.39, 0.29) is 6.04 Å². The third-order valence-corrected chi connectivity index (χ3v) is 6.77. The Kier molecular flexibility index (Phi) is 4.82. The fraction of sp³-hybridized carbons (Fsp3) is 0.100. The summed E-state index contributed by atoms with van der Waals surface area (Å²) in [5.41, 5.74) is 6.83. The van der Waals surface area contributed by atoms with Crippen LogP contribution < -0.4 is 10.2 Å². The first-order chi connectivity index (χ1) is 18.2. The molecule has 0 radical (unpaired) electrons. The smallest absolute Gasteiger partial charge is 0.179 e. The third kappa shape index (κ3) is 3.47. The van der Waals surface area contributed by atoms with Crippen molar-refractivity contribution < 1.29 is 4.42 Å². The molecule has 5 aromatic rings. The lowest BCUT2D eigenvalue weighted by atomic mass is 9.98. The molecule has 7 nitrogen and oxygen atoms in total. The topological polar surface area (TPSA) is 71.0 Å². The highest BCUT2D eigenvalue weighted by atomic mass is 16.3. The molecule has 2 aliphatic heterocycles. The molecule has 0 spiro atoms. The molecule has 2 aliphatic rings. The van der Waals surface area contributed by atoms with E-state index in [1.54, 1.807) is 6.26 Å². The van der Waals surface area contributed by atoms with Crippen LogP contribution in [0.5, 0.6) is 0 Å². The summed E-state index contributed by atoms with van der Waals surface area (Å²) in [6.45, 7) is 4.11. The second-order valence-electron chi connectivity index (χ2n) is 9.23. The van der Waals surface area contributed by atoms with Gasteiger partial charge in [0.15, 0.2) is 17.5 Å². The largest absolute Gasteiger partial charge is 0.467 e. The van der Waals surface area contributed by atoms with E-state index >= 15 is 0 Å². The first-order valence-electron chi connectivity index (χ1n) is 12.3. The number of nitrogens with zero attached hydrogens (tertiary/aromatic N) is 5. The quantitative estimate of drug-likeness (QED) is 0.303. The normalized spacial score (nSPS) is 15.8. The Morgan fingerprint density at radius 3 is 2.38 bits per heavy atom. The summed E-state index contributed by atoms with van der Waals surface area (Å²) in [5, 5.41) is 8.46. The highest BCUT2D eigenvalue weighted by Gasteiger charge is 2.42. The molecule has 0 amide bonds. The van der Waals surface area contributed by atoms with Gasteiger partial charge in [-0.2, -0.15) is 5.10 Å². The van der Waals surface area contributed by atoms with Gasteiger partial charge in [-0.25, -0.2) is 14.7 Å². The van der Waals surface area contributed by atoms with Crippen molar-refractivity contribution in [1.29, 1.82) is 0 Å². The monoisotopic (exact) mass is 484 g/mol. The summed E-state index contributed by atoms with van der Waals surface area (Å²) in [4.78, 5) is 12.5. The Balaban J connectivity index is 1.49. The predicted molar refractivity (Wildman–Crippen MR) is 147 cm³/mol. The van der Waals surface area contributed by atoms with E-state index < -0.39 is 0 Å². The van der Waals surface area contributed by atoms with Gasteiger partial charge in [0.2, 0.25) is 0 Å². The van der Waals surface area contributed by atoms with E-state index in [1.807, 2.05) is 72.3 Å². The fourth-order valence-corrected chi connectivity index (χ4v) is 5.04. The average molecular weight is 485 g/mol. The maximum Gasteiger partial charge on any atom is 0.179 e. The summed E-state index contributed by atoms with van der Waals surface area (Å²) < 4.78 is 7.96. The van der Waals surface area contributed by atoms with E-state index in [2.05, 4.69) is 47.5 Å². The van der Waals surface area contributed by atoms with Crippen LogP contribution in [0.4, 0.5) is 22.9 Å². The van der Waals surface area contributed by atoms with Crippen LogP contribution in [0.25, 0.3) is 5.69 Å². The number of nitrogens with one attached hydrogen (secondary N) is 1. The van der Waals surface area contributed by atoms with Gasteiger partial charge >= 0.3 is 0 Å². The molecular formula is C30H24N6O. The molecular weight excluding hydrogens is 460 g/mol. The number of hydrogen-bond donors (Lipinski definition) is 1. The van der Waals surface area contributed by atoms with Gasteiger partial charge in [0, 0.05) is 5.69 Å². The Morgan fingerprint density at radius 2 is 1.59 bits per heavy atom. The van der Waals surface area contributed by atoms with Crippen molar-refractivity contribution >= 4 is 34.6 Å². The van der Waals surface area contributed by atoms with Crippen LogP contribution in [0.15, 0.2) is 112 Å². The molecule has 1 N–H and O–H groups in total. The average Bonchev–Trinajstić information content (AvgIpc) is 3.57. The van der Waals surface area contributed by atoms with Gasteiger partial charge in [0.1, 0.15) is 11.8 Å². The van der Waals surface area contributed by atoms with Crippen molar-refractivity contribution in [2.45, 2.75) is 19.9 Å². The zero-order chi connectivity index (χ0) is 24.9. The molecule has 7 heteroatoms. The predicted octanol–water partition coefficient (Wildman–Crippen LogP) is 6.88. The van der Waals surface area contributed by atoms with Crippen molar-refractivity contribution in [1.82, 2.24) is 9.78 Å². The molecule has 7 rings (SSSR count). The second-order valence-corrected chi connectivity index (χ2v) is 9.23. The molecule has 3 aromatic carbocycles. The number of aromatic nitrogens is 2. The maximum absolute atomic E-state index is 6.04. The SMILES string of the molecule is Cc1ccc(-n2nc(C)c3c2N=C2C(Nc4ccccc4)=Nc4ccccc4N2C3c2ccco2)cc1. The Hall–Kier alpha value is -4.91. The number of anilines is 2. The second kappa shape index (κ2) is 8.34. The van der Waals surface area contributed by atoms with E-state index in [9.17, 15) is 0 Å². The van der Waals surface area contributed by atoms with Crippen LogP contribution in [0, 0.1) is 13.8 Å². The van der Waals surface area contributed by atoms with E-state index in [0.29, 0.717) is 11.7 Å². The lowest BCUT2D eigenvalue weighted by Crippen LogP contribution is -2.46. The van der Waals surface area contributed by atoms with Crippen molar-refractivity contribution in [3.8, 4) is 5.69 Å². The number of hydrogen-bond acceptors (Lipinski definition) is 6. The molecule has 1 atom stereocenters. The molecule has 1 unspecified atom stereocenters. The molecule has 0 fully saturated rings. The number of furan rings is 1. The lowest BCUT2D eigenvalue weighted by molar-refractivity contribution is 0.487. The van der Waals surface area contributed by atoms with E-state index in [4.69, 9.17) is 19.5 Å². The van der Waals surface area contributed by atoms with Crippen molar-refractivity contribution in [3.05, 3.63) is 120 Å². The maximum atomic E-state index is 6.04. The van der Waals surface area contributed by atoms with Crippen molar-refractivity contribution in [2.24, 2.45) is 9.98 Å². The standard InChI is InChI=1S/C30H24N6O/c1-19-14-16-22(17-15-19)36-29-26(20(2)34-36)27(25-13-8-18-37-25)35-24-12-7-6-11-23(24)32-28(30(35)33-29)31-21-9-4-3-5-10-21/h3-18,27H,1-2H3,(H,31,32). The van der Waals surface area contributed by atoms with Crippen LogP contribution in [-0.2, 0) is 0 Å². The summed E-state index contributed by atoms with van der Waals surface area (Å²) in [6.07, 6.45) is 1.72. The van der Waals surface area contributed by atoms with Crippen LogP contribution >= 0.6 is 0 Å². The van der Waals surface area contributed by atoms with Crippen LogP contribution in [0.3, 0.4) is 0 Å². The first-order valence-corrected chi connectivity index (χ1v) is 12.3. The number of para-hydroxylation sites is 3. The minimum Gasteiger partial charge on any atom is -0.467 e. The fourth-order valence-electron chi connectivity index (χ4n) is 5.04. The lowest BCUT2D eigenvalue weighted by Gasteiger charge is -2.39. The number of aliphatic imine (C=N–C) groups is 2. The molecule has 4 heterocycles. The molecule has 180 valence electrons. The Labute approximate surface area is 214 Å². The third-order valence-electron chi connectivity index (χ3n) is 6.77. The minimum absolute atomic E-state index is 0.263. The van der Waals surface area contributed by atoms with Gasteiger partial charge in [-0.1, -0.05) is 48.0 Å². The highest BCUT2D eigenvalue weighted by Crippen LogP contribution is 2.48. The summed E-state index contributed by atoms with van der Waals surface area (Å²) in [6, 6.07) is 30.2. The first kappa shape index (κ1) is 21.4. The number of rotatable bonds is 3. The van der Waals surface area contributed by atoms with E-state index in [1.165, 1.54) is 5.56 Å². The summed E-state index contributed by atoms with van der Waals surface area (Å²) in [5.74, 6) is 2.97. The molecule has 0 aliphatic carbocycles. The minimum atomic E-state index is -0.263. The number of fused-ring (bicyclic) bond motifs is 4. The van der Waals surface area contributed by atoms with Crippen LogP contribution in [0.2, 0.25) is 0 Å². The van der Waals surface area contributed by atoms with Gasteiger partial charge in [0.05, 0.1) is 34.6 Å². The Bertz CT molecular complexity index is 1660. The number of aryl methyl sites for hydroxylation is 2. The molecule has 37 heavy (non-hydrogen) atoms. The molecule has 0 saturated carbocycles. The highest BCUT2D eigenvalue weighted by molar-refractivity contribution is 6.51. The molecule has 0 saturated heterocycles. The van der Waals surface area contributed by atoms with Gasteiger partial charge in [0.25, 0.3) is 0 Å². The van der Waals surface area contributed by atoms with Gasteiger partial charge in [-0.15, -0.1) is 0 Å². The summed E-state index contributed by atoms with van der Waals surface area (Å²) in [7, 11) is 0.